The highest BCUT2D eigenvalue weighted by atomic mass is 35.5. The first kappa shape index (κ1) is 17.1. The Morgan fingerprint density at radius 2 is 1.88 bits per heavy atom. The molecule has 0 radical (unpaired) electrons. The molecule has 0 aromatic heterocycles. The SMILES string of the molecule is COc1ccc(CC(=O)N2CCCN(C(=O)C3CC3)CC2)cc1Cl. The van der Waals surface area contributed by atoms with Gasteiger partial charge >= 0.3 is 0 Å². The molecule has 2 aliphatic rings. The molecule has 0 unspecified atom stereocenters. The fraction of sp³-hybridized carbons (Fsp3) is 0.556. The van der Waals surface area contributed by atoms with Crippen LogP contribution in [0.3, 0.4) is 0 Å². The van der Waals surface area contributed by atoms with E-state index in [0.717, 1.165) is 31.4 Å². The van der Waals surface area contributed by atoms with Crippen molar-refractivity contribution in [3.63, 3.8) is 0 Å². The van der Waals surface area contributed by atoms with E-state index in [0.29, 0.717) is 36.8 Å². The summed E-state index contributed by atoms with van der Waals surface area (Å²) in [5.74, 6) is 1.20. The molecule has 6 heteroatoms. The third kappa shape index (κ3) is 4.01. The van der Waals surface area contributed by atoms with E-state index < -0.39 is 0 Å². The van der Waals surface area contributed by atoms with Crippen molar-refractivity contribution in [2.45, 2.75) is 25.7 Å². The van der Waals surface area contributed by atoms with Crippen LogP contribution < -0.4 is 4.74 Å². The molecule has 1 saturated heterocycles. The van der Waals surface area contributed by atoms with E-state index in [-0.39, 0.29) is 17.7 Å². The highest BCUT2D eigenvalue weighted by molar-refractivity contribution is 6.32. The second-order valence-corrected chi connectivity index (χ2v) is 6.89. The molecule has 1 aliphatic heterocycles. The van der Waals surface area contributed by atoms with Crippen LogP contribution in [0.15, 0.2) is 18.2 Å². The van der Waals surface area contributed by atoms with Crippen molar-refractivity contribution in [1.82, 2.24) is 9.80 Å². The molecule has 2 fully saturated rings. The van der Waals surface area contributed by atoms with Crippen LogP contribution in [0.1, 0.15) is 24.8 Å². The van der Waals surface area contributed by atoms with Crippen molar-refractivity contribution >= 4 is 23.4 Å². The highest BCUT2D eigenvalue weighted by Gasteiger charge is 2.34. The average molecular weight is 351 g/mol. The molecular formula is C18H23ClN2O3. The average Bonchev–Trinajstić information content (AvgIpc) is 3.41. The Kier molecular flexibility index (Phi) is 5.29. The lowest BCUT2D eigenvalue weighted by atomic mass is 10.1. The smallest absolute Gasteiger partial charge is 0.227 e. The van der Waals surface area contributed by atoms with Gasteiger partial charge < -0.3 is 14.5 Å². The molecule has 24 heavy (non-hydrogen) atoms. The van der Waals surface area contributed by atoms with E-state index in [1.807, 2.05) is 15.9 Å². The van der Waals surface area contributed by atoms with Crippen molar-refractivity contribution in [3.8, 4) is 5.75 Å². The molecule has 0 bridgehead atoms. The van der Waals surface area contributed by atoms with Crippen LogP contribution in [0.25, 0.3) is 0 Å². The number of ether oxygens (including phenoxy) is 1. The first-order valence-electron chi connectivity index (χ1n) is 8.47. The fourth-order valence-electron chi connectivity index (χ4n) is 3.08. The van der Waals surface area contributed by atoms with Crippen molar-refractivity contribution < 1.29 is 14.3 Å². The lowest BCUT2D eigenvalue weighted by Crippen LogP contribution is -2.38. The monoisotopic (exact) mass is 350 g/mol. The van der Waals surface area contributed by atoms with Crippen molar-refractivity contribution in [1.29, 1.82) is 0 Å². The lowest BCUT2D eigenvalue weighted by Gasteiger charge is -2.22. The third-order valence-corrected chi connectivity index (χ3v) is 4.95. The summed E-state index contributed by atoms with van der Waals surface area (Å²) in [6.45, 7) is 2.72. The zero-order valence-electron chi connectivity index (χ0n) is 14.0. The second kappa shape index (κ2) is 7.43. The standard InChI is InChI=1S/C18H23ClN2O3/c1-24-16-6-3-13(11-15(16)19)12-17(22)20-7-2-8-21(10-9-20)18(23)14-4-5-14/h3,6,11,14H,2,4-5,7-10,12H2,1H3. The number of benzene rings is 1. The second-order valence-electron chi connectivity index (χ2n) is 6.48. The van der Waals surface area contributed by atoms with Crippen LogP contribution in [-0.4, -0.2) is 54.9 Å². The van der Waals surface area contributed by atoms with Gasteiger partial charge in [0.2, 0.25) is 11.8 Å². The van der Waals surface area contributed by atoms with E-state index in [9.17, 15) is 9.59 Å². The van der Waals surface area contributed by atoms with Gasteiger partial charge in [-0.25, -0.2) is 0 Å². The summed E-state index contributed by atoms with van der Waals surface area (Å²) in [5, 5.41) is 0.514. The number of carbonyl (C=O) groups is 2. The number of carbonyl (C=O) groups excluding carboxylic acids is 2. The molecule has 5 nitrogen and oxygen atoms in total. The summed E-state index contributed by atoms with van der Waals surface area (Å²) in [7, 11) is 1.57. The largest absolute Gasteiger partial charge is 0.495 e. The quantitative estimate of drug-likeness (QED) is 0.837. The fourth-order valence-corrected chi connectivity index (χ4v) is 3.36. The van der Waals surface area contributed by atoms with Gasteiger partial charge in [-0.3, -0.25) is 9.59 Å². The number of rotatable bonds is 4. The van der Waals surface area contributed by atoms with E-state index in [4.69, 9.17) is 16.3 Å². The maximum atomic E-state index is 12.6. The third-order valence-electron chi connectivity index (χ3n) is 4.66. The van der Waals surface area contributed by atoms with E-state index >= 15 is 0 Å². The van der Waals surface area contributed by atoms with Gasteiger partial charge in [-0.05, 0) is 37.0 Å². The molecule has 0 spiro atoms. The van der Waals surface area contributed by atoms with Gasteiger partial charge in [0.15, 0.2) is 0 Å². The predicted molar refractivity (Wildman–Crippen MR) is 92.2 cm³/mol. The molecule has 1 aliphatic carbocycles. The minimum absolute atomic E-state index is 0.0805. The Hall–Kier alpha value is -1.75. The highest BCUT2D eigenvalue weighted by Crippen LogP contribution is 2.31. The molecule has 1 heterocycles. The van der Waals surface area contributed by atoms with E-state index in [2.05, 4.69) is 0 Å². The van der Waals surface area contributed by atoms with E-state index in [1.54, 1.807) is 19.2 Å². The molecule has 2 amide bonds. The van der Waals surface area contributed by atoms with Crippen molar-refractivity contribution in [2.75, 3.05) is 33.3 Å². The topological polar surface area (TPSA) is 49.9 Å². The first-order chi connectivity index (χ1) is 11.6. The molecule has 1 saturated carbocycles. The van der Waals surface area contributed by atoms with Crippen LogP contribution in [0.4, 0.5) is 0 Å². The zero-order chi connectivity index (χ0) is 17.1. The number of amides is 2. The van der Waals surface area contributed by atoms with Crippen molar-refractivity contribution in [2.24, 2.45) is 5.92 Å². The summed E-state index contributed by atoms with van der Waals surface area (Å²) < 4.78 is 5.13. The van der Waals surface area contributed by atoms with Gasteiger partial charge in [0.05, 0.1) is 18.6 Å². The minimum Gasteiger partial charge on any atom is -0.495 e. The Balaban J connectivity index is 1.56. The van der Waals surface area contributed by atoms with Crippen LogP contribution in [0.2, 0.25) is 5.02 Å². The molecule has 3 rings (SSSR count). The summed E-state index contributed by atoms with van der Waals surface area (Å²) in [6, 6.07) is 5.42. The maximum absolute atomic E-state index is 12.6. The number of nitrogens with zero attached hydrogens (tertiary/aromatic N) is 2. The zero-order valence-corrected chi connectivity index (χ0v) is 14.7. The lowest BCUT2D eigenvalue weighted by molar-refractivity contribution is -0.134. The van der Waals surface area contributed by atoms with Crippen LogP contribution in [0.5, 0.6) is 5.75 Å². The van der Waals surface area contributed by atoms with Gasteiger partial charge in [0.1, 0.15) is 5.75 Å². The summed E-state index contributed by atoms with van der Waals surface area (Å²) in [5.41, 5.74) is 0.876. The van der Waals surface area contributed by atoms with E-state index in [1.165, 1.54) is 0 Å². The summed E-state index contributed by atoms with van der Waals surface area (Å²) in [4.78, 5) is 28.5. The number of halogens is 1. The van der Waals surface area contributed by atoms with Crippen LogP contribution in [0, 0.1) is 5.92 Å². The molecule has 0 atom stereocenters. The summed E-state index contributed by atoms with van der Waals surface area (Å²) >= 11 is 6.12. The summed E-state index contributed by atoms with van der Waals surface area (Å²) in [6.07, 6.45) is 3.21. The molecule has 130 valence electrons. The number of methoxy groups -OCH3 is 1. The van der Waals surface area contributed by atoms with Crippen LogP contribution in [-0.2, 0) is 16.0 Å². The minimum atomic E-state index is 0.0805. The molecule has 1 aromatic carbocycles. The first-order valence-corrected chi connectivity index (χ1v) is 8.85. The Bertz CT molecular complexity index is 631. The maximum Gasteiger partial charge on any atom is 0.227 e. The van der Waals surface area contributed by atoms with Crippen molar-refractivity contribution in [3.05, 3.63) is 28.8 Å². The van der Waals surface area contributed by atoms with Gasteiger partial charge in [-0.2, -0.15) is 0 Å². The van der Waals surface area contributed by atoms with Gasteiger partial charge in [0, 0.05) is 32.1 Å². The number of hydrogen-bond donors (Lipinski definition) is 0. The Labute approximate surface area is 147 Å². The predicted octanol–water partition coefficient (Wildman–Crippen LogP) is 2.36. The normalized spacial score (nSPS) is 18.2. The van der Waals surface area contributed by atoms with Gasteiger partial charge in [-0.1, -0.05) is 17.7 Å². The Morgan fingerprint density at radius 3 is 2.54 bits per heavy atom. The van der Waals surface area contributed by atoms with Crippen LogP contribution >= 0.6 is 11.6 Å². The molecule has 0 N–H and O–H groups in total. The number of hydrogen-bond acceptors (Lipinski definition) is 3. The molecular weight excluding hydrogens is 328 g/mol. The molecule has 1 aromatic rings. The van der Waals surface area contributed by atoms with Gasteiger partial charge in [-0.15, -0.1) is 0 Å². The van der Waals surface area contributed by atoms with Gasteiger partial charge in [0.25, 0.3) is 0 Å². The Morgan fingerprint density at radius 1 is 1.17 bits per heavy atom.